The SMILES string of the molecule is BC(B)(c1ccc(-c2ccccc2)cc1)C(C)(C)C(F)(F)F. The van der Waals surface area contributed by atoms with Gasteiger partial charge in [0.05, 0.1) is 5.41 Å². The van der Waals surface area contributed by atoms with Gasteiger partial charge in [0.25, 0.3) is 0 Å². The fraction of sp³-hybridized carbons (Fsp3) is 0.294. The fourth-order valence-corrected chi connectivity index (χ4v) is 2.43. The van der Waals surface area contributed by atoms with E-state index in [4.69, 9.17) is 0 Å². The van der Waals surface area contributed by atoms with Gasteiger partial charge in [-0.2, -0.15) is 13.2 Å². The van der Waals surface area contributed by atoms with E-state index < -0.39 is 16.8 Å². The second-order valence-corrected chi connectivity index (χ2v) is 6.69. The average Bonchev–Trinajstić information content (AvgIpc) is 2.47. The van der Waals surface area contributed by atoms with Gasteiger partial charge < -0.3 is 0 Å². The van der Waals surface area contributed by atoms with E-state index in [-0.39, 0.29) is 0 Å². The molecule has 0 bridgehead atoms. The Morgan fingerprint density at radius 1 is 0.727 bits per heavy atom. The molecule has 0 aliphatic rings. The number of alkyl halides is 3. The summed E-state index contributed by atoms with van der Waals surface area (Å²) in [6.45, 7) is 2.52. The molecule has 2 aromatic carbocycles. The molecule has 0 atom stereocenters. The van der Waals surface area contributed by atoms with Crippen molar-refractivity contribution in [1.82, 2.24) is 0 Å². The lowest BCUT2D eigenvalue weighted by Crippen LogP contribution is -2.52. The minimum atomic E-state index is -4.26. The molecule has 2 rings (SSSR count). The molecule has 0 nitrogen and oxygen atoms in total. The van der Waals surface area contributed by atoms with E-state index in [2.05, 4.69) is 0 Å². The third kappa shape index (κ3) is 2.81. The van der Waals surface area contributed by atoms with Crippen LogP contribution in [0, 0.1) is 5.41 Å². The minimum Gasteiger partial charge on any atom is -0.171 e. The first-order chi connectivity index (χ1) is 10.1. The maximum Gasteiger partial charge on any atom is 0.393 e. The molecule has 0 radical (unpaired) electrons. The van der Waals surface area contributed by atoms with Crippen LogP contribution in [0.15, 0.2) is 54.6 Å². The van der Waals surface area contributed by atoms with E-state index in [1.807, 2.05) is 42.5 Å². The van der Waals surface area contributed by atoms with E-state index in [0.29, 0.717) is 5.56 Å². The molecule has 0 saturated carbocycles. The van der Waals surface area contributed by atoms with Crippen molar-refractivity contribution in [2.24, 2.45) is 5.41 Å². The average molecular weight is 302 g/mol. The number of benzene rings is 2. The quantitative estimate of drug-likeness (QED) is 0.763. The molecular formula is C17H19B2F3. The van der Waals surface area contributed by atoms with Gasteiger partial charge in [0, 0.05) is 0 Å². The molecule has 114 valence electrons. The Morgan fingerprint density at radius 2 is 1.18 bits per heavy atom. The molecule has 0 heterocycles. The van der Waals surface area contributed by atoms with E-state index in [1.54, 1.807) is 27.8 Å². The monoisotopic (exact) mass is 302 g/mol. The summed E-state index contributed by atoms with van der Waals surface area (Å²) >= 11 is 0. The summed E-state index contributed by atoms with van der Waals surface area (Å²) in [4.78, 5) is 0. The van der Waals surface area contributed by atoms with Gasteiger partial charge in [-0.05, 0) is 16.3 Å². The minimum absolute atomic E-state index is 0.689. The van der Waals surface area contributed by atoms with Crippen molar-refractivity contribution in [1.29, 1.82) is 0 Å². The van der Waals surface area contributed by atoms with Crippen LogP contribution in [-0.4, -0.2) is 21.9 Å². The number of halogens is 3. The van der Waals surface area contributed by atoms with Crippen molar-refractivity contribution in [3.63, 3.8) is 0 Å². The largest absolute Gasteiger partial charge is 0.393 e. The zero-order valence-corrected chi connectivity index (χ0v) is 13.3. The number of rotatable bonds is 3. The van der Waals surface area contributed by atoms with Crippen LogP contribution in [0.4, 0.5) is 13.2 Å². The molecule has 0 saturated heterocycles. The summed E-state index contributed by atoms with van der Waals surface area (Å²) in [6, 6.07) is 17.2. The van der Waals surface area contributed by atoms with Crippen LogP contribution in [0.2, 0.25) is 0 Å². The van der Waals surface area contributed by atoms with Crippen molar-refractivity contribution in [2.75, 3.05) is 0 Å². The predicted molar refractivity (Wildman–Crippen MR) is 90.5 cm³/mol. The molecule has 0 unspecified atom stereocenters. The third-order valence-corrected chi connectivity index (χ3v) is 4.98. The summed E-state index contributed by atoms with van der Waals surface area (Å²) in [5.74, 6) is 0. The van der Waals surface area contributed by atoms with Crippen molar-refractivity contribution in [3.8, 4) is 11.1 Å². The van der Waals surface area contributed by atoms with Crippen LogP contribution in [0.1, 0.15) is 19.4 Å². The van der Waals surface area contributed by atoms with Gasteiger partial charge in [0.2, 0.25) is 0 Å². The highest BCUT2D eigenvalue weighted by atomic mass is 19.4. The third-order valence-electron chi connectivity index (χ3n) is 4.98. The zero-order valence-electron chi connectivity index (χ0n) is 13.3. The van der Waals surface area contributed by atoms with Crippen LogP contribution < -0.4 is 0 Å². The molecule has 22 heavy (non-hydrogen) atoms. The maximum absolute atomic E-state index is 13.4. The Hall–Kier alpha value is -1.64. The normalized spacial score (nSPS) is 13.1. The molecule has 0 aliphatic heterocycles. The molecule has 0 spiro atoms. The van der Waals surface area contributed by atoms with Gasteiger partial charge in [-0.15, -0.1) is 0 Å². The van der Waals surface area contributed by atoms with E-state index >= 15 is 0 Å². The molecule has 0 aromatic heterocycles. The second kappa shape index (κ2) is 5.53. The highest BCUT2D eigenvalue weighted by Gasteiger charge is 2.56. The van der Waals surface area contributed by atoms with Gasteiger partial charge in [-0.3, -0.25) is 0 Å². The van der Waals surface area contributed by atoms with E-state index in [0.717, 1.165) is 11.1 Å². The van der Waals surface area contributed by atoms with Crippen molar-refractivity contribution >= 4 is 15.7 Å². The maximum atomic E-state index is 13.4. The van der Waals surface area contributed by atoms with Crippen molar-refractivity contribution in [3.05, 3.63) is 60.2 Å². The molecule has 0 N–H and O–H groups in total. The molecule has 2 aromatic rings. The van der Waals surface area contributed by atoms with Gasteiger partial charge in [0.1, 0.15) is 15.7 Å². The van der Waals surface area contributed by atoms with Crippen molar-refractivity contribution in [2.45, 2.75) is 25.2 Å². The second-order valence-electron chi connectivity index (χ2n) is 6.69. The summed E-state index contributed by atoms with van der Waals surface area (Å²) in [5, 5.41) is -1.01. The van der Waals surface area contributed by atoms with Crippen LogP contribution in [0.3, 0.4) is 0 Å². The Labute approximate surface area is 131 Å². The fourth-order valence-electron chi connectivity index (χ4n) is 2.43. The first-order valence-electron chi connectivity index (χ1n) is 7.30. The summed E-state index contributed by atoms with van der Waals surface area (Å²) < 4.78 is 40.1. The predicted octanol–water partition coefficient (Wildman–Crippen LogP) is 3.36. The molecule has 5 heteroatoms. The Bertz CT molecular complexity index is 629. The lowest BCUT2D eigenvalue weighted by molar-refractivity contribution is -0.217. The zero-order chi connectivity index (χ0) is 16.6. The molecule has 0 fully saturated rings. The van der Waals surface area contributed by atoms with Gasteiger partial charge in [0.15, 0.2) is 0 Å². The topological polar surface area (TPSA) is 0 Å². The van der Waals surface area contributed by atoms with Crippen LogP contribution in [0.25, 0.3) is 11.1 Å². The lowest BCUT2D eigenvalue weighted by Gasteiger charge is -2.43. The Morgan fingerprint density at radius 3 is 1.64 bits per heavy atom. The van der Waals surface area contributed by atoms with E-state index in [9.17, 15) is 13.2 Å². The molecule has 0 amide bonds. The first-order valence-corrected chi connectivity index (χ1v) is 7.30. The van der Waals surface area contributed by atoms with E-state index in [1.165, 1.54) is 13.8 Å². The lowest BCUT2D eigenvalue weighted by atomic mass is 9.40. The van der Waals surface area contributed by atoms with Gasteiger partial charge >= 0.3 is 6.18 Å². The van der Waals surface area contributed by atoms with Crippen molar-refractivity contribution < 1.29 is 13.2 Å². The van der Waals surface area contributed by atoms with Crippen LogP contribution in [0.5, 0.6) is 0 Å². The number of hydrogen-bond donors (Lipinski definition) is 0. The van der Waals surface area contributed by atoms with Crippen LogP contribution in [-0.2, 0) is 5.21 Å². The van der Waals surface area contributed by atoms with Gasteiger partial charge in [-0.25, -0.2) is 0 Å². The standard InChI is InChI=1S/C17H19B2F3/c1-15(2,17(20,21)22)16(18,19)14-10-8-13(9-11-14)12-6-4-3-5-7-12/h3-11H,18-19H2,1-2H3. The summed E-state index contributed by atoms with van der Waals surface area (Å²) in [6.07, 6.45) is -4.26. The Balaban J connectivity index is 2.38. The number of hydrogen-bond acceptors (Lipinski definition) is 0. The van der Waals surface area contributed by atoms with Gasteiger partial charge in [-0.1, -0.05) is 74.0 Å². The first kappa shape index (κ1) is 16.7. The summed E-state index contributed by atoms with van der Waals surface area (Å²) in [5.41, 5.74) is 0.940. The molecular weight excluding hydrogens is 283 g/mol. The smallest absolute Gasteiger partial charge is 0.171 e. The Kier molecular flexibility index (Phi) is 4.20. The molecule has 0 aliphatic carbocycles. The van der Waals surface area contributed by atoms with Crippen LogP contribution >= 0.6 is 0 Å². The highest BCUT2D eigenvalue weighted by molar-refractivity contribution is 6.40. The highest BCUT2D eigenvalue weighted by Crippen LogP contribution is 2.48. The summed E-state index contributed by atoms with van der Waals surface area (Å²) in [7, 11) is 3.30.